The molecule has 4 heteroatoms. The van der Waals surface area contributed by atoms with Crippen LogP contribution in [0.5, 0.6) is 11.5 Å². The third kappa shape index (κ3) is 2.68. The van der Waals surface area contributed by atoms with Crippen molar-refractivity contribution in [3.8, 4) is 11.5 Å². The zero-order valence-electron chi connectivity index (χ0n) is 12.4. The van der Waals surface area contributed by atoms with Crippen LogP contribution in [-0.2, 0) is 6.42 Å². The predicted molar refractivity (Wildman–Crippen MR) is 85.9 cm³/mol. The summed E-state index contributed by atoms with van der Waals surface area (Å²) in [7, 11) is 0. The summed E-state index contributed by atoms with van der Waals surface area (Å²) in [6.45, 7) is 5.84. The number of anilines is 1. The van der Waals surface area contributed by atoms with Crippen molar-refractivity contribution in [2.45, 2.75) is 19.4 Å². The fourth-order valence-electron chi connectivity index (χ4n) is 2.74. The van der Waals surface area contributed by atoms with E-state index in [0.717, 1.165) is 33.9 Å². The molecule has 1 atom stereocenters. The van der Waals surface area contributed by atoms with Gasteiger partial charge in [-0.15, -0.1) is 0 Å². The molecule has 112 valence electrons. The average molecular weight is 295 g/mol. The van der Waals surface area contributed by atoms with E-state index in [0.29, 0.717) is 17.5 Å². The summed E-state index contributed by atoms with van der Waals surface area (Å²) in [5, 5.41) is 23.8. The number of aromatic hydroxyl groups is 2. The van der Waals surface area contributed by atoms with Crippen LogP contribution in [0.1, 0.15) is 12.5 Å². The Morgan fingerprint density at radius 3 is 2.59 bits per heavy atom. The third-order valence-corrected chi connectivity index (χ3v) is 3.76. The quantitative estimate of drug-likeness (QED) is 0.559. The zero-order chi connectivity index (χ0) is 15.7. The first-order valence-corrected chi connectivity index (χ1v) is 7.24. The minimum Gasteiger partial charge on any atom is -0.508 e. The van der Waals surface area contributed by atoms with E-state index in [1.807, 2.05) is 24.3 Å². The van der Waals surface area contributed by atoms with Crippen LogP contribution in [0.25, 0.3) is 6.08 Å². The van der Waals surface area contributed by atoms with Gasteiger partial charge in [-0.25, -0.2) is 4.99 Å². The second kappa shape index (κ2) is 5.56. The van der Waals surface area contributed by atoms with Gasteiger partial charge in [-0.1, -0.05) is 12.1 Å². The van der Waals surface area contributed by atoms with Crippen LogP contribution in [0.15, 0.2) is 48.7 Å². The Balaban J connectivity index is 0.000000131. The van der Waals surface area contributed by atoms with Gasteiger partial charge in [0.15, 0.2) is 5.70 Å². The second-order valence-corrected chi connectivity index (χ2v) is 5.59. The molecule has 0 bridgehead atoms. The largest absolute Gasteiger partial charge is 0.508 e. The predicted octanol–water partition coefficient (Wildman–Crippen LogP) is 0.149. The van der Waals surface area contributed by atoms with Gasteiger partial charge in [-0.05, 0) is 38.1 Å². The normalized spacial score (nSPS) is 17.3. The van der Waals surface area contributed by atoms with E-state index in [-0.39, 0.29) is 0 Å². The first kappa shape index (κ1) is 14.2. The monoisotopic (exact) mass is 295 g/mol. The molecule has 2 aliphatic rings. The molecule has 1 unspecified atom stereocenters. The summed E-state index contributed by atoms with van der Waals surface area (Å²) in [5.74, 6) is 0.716. The fraction of sp³-hybridized carbons (Fsp3) is 0.167. The van der Waals surface area contributed by atoms with E-state index in [1.54, 1.807) is 18.2 Å². The maximum Gasteiger partial charge on any atom is 0.215 e. The van der Waals surface area contributed by atoms with Gasteiger partial charge < -0.3 is 15.5 Å². The summed E-state index contributed by atoms with van der Waals surface area (Å²) in [6, 6.07) is 11.4. The molecule has 4 N–H and O–H groups in total. The zero-order valence-corrected chi connectivity index (χ0v) is 12.4. The van der Waals surface area contributed by atoms with E-state index < -0.39 is 0 Å². The van der Waals surface area contributed by atoms with Crippen LogP contribution < -0.4 is 20.9 Å². The number of benzene rings is 2. The van der Waals surface area contributed by atoms with Crippen molar-refractivity contribution in [2.24, 2.45) is 0 Å². The molecule has 0 amide bonds. The lowest BCUT2D eigenvalue weighted by atomic mass is 10.1. The van der Waals surface area contributed by atoms with Crippen LogP contribution >= 0.6 is 0 Å². The smallest absolute Gasteiger partial charge is 0.215 e. The number of hydrogen-bond acceptors (Lipinski definition) is 3. The molecule has 2 aromatic carbocycles. The number of phenols is 2. The van der Waals surface area contributed by atoms with E-state index >= 15 is 0 Å². The van der Waals surface area contributed by atoms with E-state index in [2.05, 4.69) is 23.8 Å². The molecule has 4 rings (SSSR count). The molecule has 0 spiro atoms. The number of allylic oxidation sites excluding steroid dienone is 1. The number of phenolic OH excluding ortho intramolecular Hbond substituents is 2. The van der Waals surface area contributed by atoms with Crippen LogP contribution in [0, 0.1) is 0 Å². The Morgan fingerprint density at radius 1 is 1.14 bits per heavy atom. The third-order valence-electron chi connectivity index (χ3n) is 3.76. The summed E-state index contributed by atoms with van der Waals surface area (Å²) in [6.07, 6.45) is 2.76. The summed E-state index contributed by atoms with van der Waals surface area (Å²) in [5.41, 5.74) is 2.96. The summed E-state index contributed by atoms with van der Waals surface area (Å²) >= 11 is 0. The van der Waals surface area contributed by atoms with E-state index in [4.69, 9.17) is 0 Å². The van der Waals surface area contributed by atoms with Gasteiger partial charge in [0, 0.05) is 29.4 Å². The van der Waals surface area contributed by atoms with Crippen molar-refractivity contribution in [1.82, 2.24) is 0 Å². The van der Waals surface area contributed by atoms with Crippen LogP contribution in [0.3, 0.4) is 0 Å². The fourth-order valence-corrected chi connectivity index (χ4v) is 2.74. The minimum atomic E-state index is 0.300. The Labute approximate surface area is 128 Å². The standard InChI is InChI=1S/C9H11NO.C9H7NO/c2*1-6-5-7-8(10-6)3-2-4-9(7)11/h2-4,6,10-11H,5H2,1H3;2-5,11H,1H2/p+1. The lowest BCUT2D eigenvalue weighted by Crippen LogP contribution is -2.73. The highest BCUT2D eigenvalue weighted by atomic mass is 16.3. The molecule has 0 saturated heterocycles. The van der Waals surface area contributed by atoms with Gasteiger partial charge in [0.2, 0.25) is 5.36 Å². The van der Waals surface area contributed by atoms with Gasteiger partial charge in [-0.3, -0.25) is 0 Å². The van der Waals surface area contributed by atoms with E-state index in [1.165, 1.54) is 0 Å². The molecule has 2 aromatic rings. The molecule has 0 radical (unpaired) electrons. The summed E-state index contributed by atoms with van der Waals surface area (Å²) in [4.78, 5) is 3.03. The first-order valence-electron chi connectivity index (χ1n) is 7.24. The van der Waals surface area contributed by atoms with Crippen molar-refractivity contribution in [1.29, 1.82) is 0 Å². The lowest BCUT2D eigenvalue weighted by molar-refractivity contribution is -0.430. The van der Waals surface area contributed by atoms with Gasteiger partial charge in [0.05, 0.1) is 5.22 Å². The SMILES string of the molecule is C=C1C=c2c(O)cccc2=[NH+]1.CC1Cc2c(O)cccc2N1. The summed E-state index contributed by atoms with van der Waals surface area (Å²) < 4.78 is 0. The Bertz CT molecular complexity index is 856. The van der Waals surface area contributed by atoms with Gasteiger partial charge in [-0.2, -0.15) is 0 Å². The highest BCUT2D eigenvalue weighted by Crippen LogP contribution is 2.32. The topological polar surface area (TPSA) is 66.5 Å². The Kier molecular flexibility index (Phi) is 3.59. The van der Waals surface area contributed by atoms with Crippen LogP contribution in [-0.4, -0.2) is 16.3 Å². The number of rotatable bonds is 0. The molecular formula is C18H19N2O2+. The Hall–Kier alpha value is -2.75. The number of fused-ring (bicyclic) bond motifs is 2. The van der Waals surface area contributed by atoms with Gasteiger partial charge >= 0.3 is 0 Å². The second-order valence-electron chi connectivity index (χ2n) is 5.59. The average Bonchev–Trinajstić information content (AvgIpc) is 3.03. The van der Waals surface area contributed by atoms with E-state index in [9.17, 15) is 10.2 Å². The van der Waals surface area contributed by atoms with Crippen LogP contribution in [0.4, 0.5) is 5.69 Å². The van der Waals surface area contributed by atoms with Gasteiger partial charge in [0.1, 0.15) is 11.5 Å². The van der Waals surface area contributed by atoms with Crippen molar-refractivity contribution in [2.75, 3.05) is 5.32 Å². The number of hydrogen-bond donors (Lipinski definition) is 4. The minimum absolute atomic E-state index is 0.300. The van der Waals surface area contributed by atoms with Crippen LogP contribution in [0.2, 0.25) is 0 Å². The molecule has 22 heavy (non-hydrogen) atoms. The van der Waals surface area contributed by atoms with Crippen molar-refractivity contribution in [3.05, 3.63) is 64.8 Å². The molecule has 0 fully saturated rings. The molecule has 0 aliphatic carbocycles. The Morgan fingerprint density at radius 2 is 1.86 bits per heavy atom. The highest BCUT2D eigenvalue weighted by molar-refractivity contribution is 5.61. The molecular weight excluding hydrogens is 276 g/mol. The van der Waals surface area contributed by atoms with Crippen molar-refractivity contribution < 1.29 is 15.2 Å². The maximum atomic E-state index is 9.41. The molecule has 2 heterocycles. The maximum absolute atomic E-state index is 9.41. The van der Waals surface area contributed by atoms with Crippen molar-refractivity contribution in [3.63, 3.8) is 0 Å². The first-order chi connectivity index (χ1) is 10.5. The highest BCUT2D eigenvalue weighted by Gasteiger charge is 2.18. The number of nitrogens with one attached hydrogen (secondary N) is 2. The lowest BCUT2D eigenvalue weighted by Gasteiger charge is -2.00. The molecule has 0 saturated carbocycles. The molecule has 4 nitrogen and oxygen atoms in total. The van der Waals surface area contributed by atoms with Crippen molar-refractivity contribution >= 4 is 11.8 Å². The molecule has 0 aromatic heterocycles. The van der Waals surface area contributed by atoms with Gasteiger partial charge in [0.25, 0.3) is 0 Å². The molecule has 2 aliphatic heterocycles.